The number of hydrogen-bond donors (Lipinski definition) is 1. The Morgan fingerprint density at radius 1 is 1.25 bits per heavy atom. The maximum absolute atomic E-state index is 6.46. The average molecular weight is 298 g/mol. The standard InChI is InChI=1S/C16H28ClN3/c1-4-14-16(17)15(20(5-2)19-14)11-18-13-8-6-7-12(3)9-10-13/h12-13,18H,4-11H2,1-3H3. The van der Waals surface area contributed by atoms with E-state index < -0.39 is 0 Å². The van der Waals surface area contributed by atoms with Gasteiger partial charge in [0, 0.05) is 19.1 Å². The maximum atomic E-state index is 6.46. The van der Waals surface area contributed by atoms with E-state index in [4.69, 9.17) is 11.6 Å². The molecule has 2 unspecified atom stereocenters. The zero-order chi connectivity index (χ0) is 14.5. The van der Waals surface area contributed by atoms with Gasteiger partial charge in [0.15, 0.2) is 0 Å². The van der Waals surface area contributed by atoms with Crippen molar-refractivity contribution in [2.24, 2.45) is 5.92 Å². The summed E-state index contributed by atoms with van der Waals surface area (Å²) >= 11 is 6.46. The predicted octanol–water partition coefficient (Wildman–Crippen LogP) is 4.18. The Labute approximate surface area is 128 Å². The Bertz CT molecular complexity index is 428. The Morgan fingerprint density at radius 3 is 2.75 bits per heavy atom. The van der Waals surface area contributed by atoms with E-state index in [-0.39, 0.29) is 0 Å². The molecule has 1 N–H and O–H groups in total. The highest BCUT2D eigenvalue weighted by Crippen LogP contribution is 2.25. The first-order valence-corrected chi connectivity index (χ1v) is 8.50. The fourth-order valence-electron chi connectivity index (χ4n) is 3.12. The van der Waals surface area contributed by atoms with E-state index in [1.807, 2.05) is 4.68 Å². The lowest BCUT2D eigenvalue weighted by atomic mass is 10.0. The summed E-state index contributed by atoms with van der Waals surface area (Å²) in [5, 5.41) is 9.16. The van der Waals surface area contributed by atoms with Gasteiger partial charge < -0.3 is 5.32 Å². The highest BCUT2D eigenvalue weighted by atomic mass is 35.5. The molecular formula is C16H28ClN3. The fourth-order valence-corrected chi connectivity index (χ4v) is 3.45. The molecule has 0 saturated heterocycles. The third-order valence-corrected chi connectivity index (χ3v) is 4.95. The van der Waals surface area contributed by atoms with E-state index in [0.717, 1.165) is 41.8 Å². The maximum Gasteiger partial charge on any atom is 0.0863 e. The topological polar surface area (TPSA) is 29.9 Å². The Hall–Kier alpha value is -0.540. The van der Waals surface area contributed by atoms with Crippen LogP contribution in [0.4, 0.5) is 0 Å². The van der Waals surface area contributed by atoms with E-state index in [2.05, 4.69) is 31.2 Å². The van der Waals surface area contributed by atoms with Gasteiger partial charge in [0.1, 0.15) is 0 Å². The number of halogens is 1. The molecule has 1 aromatic heterocycles. The molecule has 2 atom stereocenters. The zero-order valence-corrected chi connectivity index (χ0v) is 13.8. The molecule has 1 fully saturated rings. The van der Waals surface area contributed by atoms with Gasteiger partial charge in [-0.3, -0.25) is 4.68 Å². The van der Waals surface area contributed by atoms with Crippen LogP contribution < -0.4 is 5.32 Å². The minimum Gasteiger partial charge on any atom is -0.308 e. The number of nitrogens with one attached hydrogen (secondary N) is 1. The minimum atomic E-state index is 0.640. The van der Waals surface area contributed by atoms with Crippen molar-refractivity contribution < 1.29 is 0 Å². The molecule has 1 aromatic rings. The number of rotatable bonds is 5. The normalized spacial score (nSPS) is 23.8. The van der Waals surface area contributed by atoms with Gasteiger partial charge in [-0.2, -0.15) is 5.10 Å². The summed E-state index contributed by atoms with van der Waals surface area (Å²) in [7, 11) is 0. The molecular weight excluding hydrogens is 270 g/mol. The molecule has 0 aliphatic heterocycles. The van der Waals surface area contributed by atoms with Crippen LogP contribution in [-0.4, -0.2) is 15.8 Å². The number of aromatic nitrogens is 2. The summed E-state index contributed by atoms with van der Waals surface area (Å²) in [5.41, 5.74) is 2.18. The van der Waals surface area contributed by atoms with Crippen LogP contribution in [-0.2, 0) is 19.5 Å². The molecule has 0 spiro atoms. The number of aryl methyl sites for hydroxylation is 2. The van der Waals surface area contributed by atoms with Crippen LogP contribution in [0, 0.1) is 5.92 Å². The molecule has 0 radical (unpaired) electrons. The predicted molar refractivity (Wildman–Crippen MR) is 85.2 cm³/mol. The summed E-state index contributed by atoms with van der Waals surface area (Å²) in [6.07, 6.45) is 7.56. The second kappa shape index (κ2) is 7.46. The Kier molecular flexibility index (Phi) is 5.91. The van der Waals surface area contributed by atoms with Crippen LogP contribution in [0.2, 0.25) is 5.02 Å². The van der Waals surface area contributed by atoms with Crippen molar-refractivity contribution in [3.05, 3.63) is 16.4 Å². The van der Waals surface area contributed by atoms with Crippen LogP contribution >= 0.6 is 11.6 Å². The largest absolute Gasteiger partial charge is 0.308 e. The summed E-state index contributed by atoms with van der Waals surface area (Å²) in [6.45, 7) is 8.34. The van der Waals surface area contributed by atoms with E-state index in [1.165, 1.54) is 32.1 Å². The lowest BCUT2D eigenvalue weighted by molar-refractivity contribution is 0.437. The number of nitrogens with zero attached hydrogens (tertiary/aromatic N) is 2. The van der Waals surface area contributed by atoms with Gasteiger partial charge in [-0.05, 0) is 38.5 Å². The van der Waals surface area contributed by atoms with Gasteiger partial charge in [-0.1, -0.05) is 38.3 Å². The highest BCUT2D eigenvalue weighted by Gasteiger charge is 2.18. The first-order valence-electron chi connectivity index (χ1n) is 8.13. The monoisotopic (exact) mass is 297 g/mol. The first-order chi connectivity index (χ1) is 9.65. The summed E-state index contributed by atoms with van der Waals surface area (Å²) in [5.74, 6) is 0.887. The molecule has 114 valence electrons. The smallest absolute Gasteiger partial charge is 0.0863 e. The van der Waals surface area contributed by atoms with Crippen LogP contribution in [0.1, 0.15) is 64.3 Å². The molecule has 20 heavy (non-hydrogen) atoms. The van der Waals surface area contributed by atoms with Crippen molar-refractivity contribution in [1.29, 1.82) is 0 Å². The molecule has 1 saturated carbocycles. The zero-order valence-electron chi connectivity index (χ0n) is 13.1. The lowest BCUT2D eigenvalue weighted by Gasteiger charge is -2.17. The quantitative estimate of drug-likeness (QED) is 0.826. The molecule has 0 amide bonds. The first kappa shape index (κ1) is 15.8. The Morgan fingerprint density at radius 2 is 2.05 bits per heavy atom. The minimum absolute atomic E-state index is 0.640. The average Bonchev–Trinajstić information content (AvgIpc) is 2.61. The molecule has 0 aromatic carbocycles. The number of hydrogen-bond acceptors (Lipinski definition) is 2. The van der Waals surface area contributed by atoms with E-state index in [9.17, 15) is 0 Å². The second-order valence-corrected chi connectivity index (χ2v) is 6.45. The second-order valence-electron chi connectivity index (χ2n) is 6.07. The van der Waals surface area contributed by atoms with E-state index >= 15 is 0 Å². The van der Waals surface area contributed by atoms with Crippen molar-refractivity contribution in [3.8, 4) is 0 Å². The van der Waals surface area contributed by atoms with Gasteiger partial charge >= 0.3 is 0 Å². The van der Waals surface area contributed by atoms with Crippen LogP contribution in [0.25, 0.3) is 0 Å². The van der Waals surface area contributed by atoms with Crippen LogP contribution in [0.3, 0.4) is 0 Å². The van der Waals surface area contributed by atoms with Crippen LogP contribution in [0.15, 0.2) is 0 Å². The molecule has 2 rings (SSSR count). The van der Waals surface area contributed by atoms with Crippen LogP contribution in [0.5, 0.6) is 0 Å². The third-order valence-electron chi connectivity index (χ3n) is 4.51. The van der Waals surface area contributed by atoms with Gasteiger partial charge in [0.2, 0.25) is 0 Å². The Balaban J connectivity index is 1.97. The molecule has 1 aliphatic carbocycles. The summed E-state index contributed by atoms with van der Waals surface area (Å²) < 4.78 is 2.05. The van der Waals surface area contributed by atoms with Crippen molar-refractivity contribution >= 4 is 11.6 Å². The lowest BCUT2D eigenvalue weighted by Crippen LogP contribution is -2.29. The van der Waals surface area contributed by atoms with Crippen molar-refractivity contribution in [3.63, 3.8) is 0 Å². The van der Waals surface area contributed by atoms with Gasteiger partial charge in [0.05, 0.1) is 16.4 Å². The van der Waals surface area contributed by atoms with Gasteiger partial charge in [-0.15, -0.1) is 0 Å². The van der Waals surface area contributed by atoms with Crippen molar-refractivity contribution in [1.82, 2.24) is 15.1 Å². The fraction of sp³-hybridized carbons (Fsp3) is 0.812. The van der Waals surface area contributed by atoms with Gasteiger partial charge in [-0.25, -0.2) is 0 Å². The molecule has 3 nitrogen and oxygen atoms in total. The molecule has 4 heteroatoms. The molecule has 1 heterocycles. The van der Waals surface area contributed by atoms with Crippen molar-refractivity contribution in [2.75, 3.05) is 0 Å². The SMILES string of the molecule is CCc1nn(CC)c(CNC2CCCC(C)CC2)c1Cl. The highest BCUT2D eigenvalue weighted by molar-refractivity contribution is 6.31. The summed E-state index contributed by atoms with van der Waals surface area (Å²) in [6, 6.07) is 0.640. The van der Waals surface area contributed by atoms with E-state index in [1.54, 1.807) is 0 Å². The van der Waals surface area contributed by atoms with Gasteiger partial charge in [0.25, 0.3) is 0 Å². The summed E-state index contributed by atoms with van der Waals surface area (Å²) in [4.78, 5) is 0. The molecule has 0 bridgehead atoms. The van der Waals surface area contributed by atoms with E-state index in [0.29, 0.717) is 6.04 Å². The molecule has 1 aliphatic rings. The van der Waals surface area contributed by atoms with Crippen molar-refractivity contribution in [2.45, 2.75) is 78.4 Å². The third kappa shape index (κ3) is 3.76.